The number of fused-ring (bicyclic) bond motifs is 1. The number of nitrogens with zero attached hydrogens (tertiary/aromatic N) is 2. The molecule has 0 unspecified atom stereocenters. The van der Waals surface area contributed by atoms with Crippen molar-refractivity contribution in [1.29, 1.82) is 0 Å². The number of urea groups is 1. The molecule has 7 heteroatoms. The first kappa shape index (κ1) is 21.5. The van der Waals surface area contributed by atoms with Gasteiger partial charge in [0.05, 0.1) is 12.1 Å². The van der Waals surface area contributed by atoms with E-state index in [0.717, 1.165) is 22.4 Å². The number of hydrogen-bond donors (Lipinski definition) is 1. The van der Waals surface area contributed by atoms with Crippen LogP contribution in [0.3, 0.4) is 0 Å². The topological polar surface area (TPSA) is 52.7 Å². The molecule has 2 aliphatic heterocycles. The summed E-state index contributed by atoms with van der Waals surface area (Å²) in [7, 11) is 2.03. The minimum Gasteiger partial charge on any atom is -0.365 e. The van der Waals surface area contributed by atoms with E-state index in [-0.39, 0.29) is 23.7 Å². The van der Waals surface area contributed by atoms with E-state index in [1.807, 2.05) is 19.2 Å². The third-order valence-corrected chi connectivity index (χ3v) is 6.43. The molecule has 1 saturated heterocycles. The van der Waals surface area contributed by atoms with Gasteiger partial charge in [-0.05, 0) is 67.8 Å². The lowest BCUT2D eigenvalue weighted by atomic mass is 9.88. The molecule has 2 heterocycles. The van der Waals surface area contributed by atoms with Crippen LogP contribution >= 0.6 is 23.2 Å². The first-order chi connectivity index (χ1) is 14.6. The fourth-order valence-electron chi connectivity index (χ4n) is 3.94. The van der Waals surface area contributed by atoms with E-state index < -0.39 is 6.03 Å². The number of anilines is 1. The van der Waals surface area contributed by atoms with Crippen molar-refractivity contribution < 1.29 is 9.59 Å². The zero-order chi connectivity index (χ0) is 22.5. The number of amides is 3. The number of benzene rings is 2. The quantitative estimate of drug-likeness (QED) is 0.475. The molecular weight excluding hydrogens is 433 g/mol. The Morgan fingerprint density at radius 1 is 1.10 bits per heavy atom. The summed E-state index contributed by atoms with van der Waals surface area (Å²) in [5.74, 6) is -0.390. The van der Waals surface area contributed by atoms with Gasteiger partial charge in [0.2, 0.25) is 0 Å². The molecule has 0 aromatic heterocycles. The van der Waals surface area contributed by atoms with Crippen LogP contribution in [0.1, 0.15) is 37.5 Å². The number of rotatable bonds is 3. The molecule has 3 amide bonds. The number of hydrogen-bond acceptors (Lipinski definition) is 3. The fourth-order valence-corrected chi connectivity index (χ4v) is 4.28. The first-order valence-electron chi connectivity index (χ1n) is 9.93. The van der Waals surface area contributed by atoms with E-state index >= 15 is 0 Å². The molecule has 2 aromatic rings. The molecule has 0 aliphatic carbocycles. The maximum Gasteiger partial charge on any atom is 0.329 e. The van der Waals surface area contributed by atoms with Crippen molar-refractivity contribution in [2.75, 3.05) is 11.9 Å². The summed E-state index contributed by atoms with van der Waals surface area (Å²) in [4.78, 5) is 28.6. The smallest absolute Gasteiger partial charge is 0.329 e. The molecule has 4 rings (SSSR count). The molecule has 1 N–H and O–H groups in total. The summed E-state index contributed by atoms with van der Waals surface area (Å²) in [5.41, 5.74) is 4.78. The Kier molecular flexibility index (Phi) is 5.36. The van der Waals surface area contributed by atoms with Gasteiger partial charge in [-0.1, -0.05) is 41.4 Å². The maximum absolute atomic E-state index is 12.9. The van der Waals surface area contributed by atoms with Crippen LogP contribution in [0.4, 0.5) is 10.5 Å². The van der Waals surface area contributed by atoms with E-state index in [9.17, 15) is 9.59 Å². The lowest BCUT2D eigenvalue weighted by molar-refractivity contribution is -0.123. The Morgan fingerprint density at radius 2 is 1.77 bits per heavy atom. The summed E-state index contributed by atoms with van der Waals surface area (Å²) in [6.45, 7) is 6.52. The van der Waals surface area contributed by atoms with Crippen molar-refractivity contribution in [3.05, 3.63) is 74.9 Å². The number of nitrogens with one attached hydrogen (secondary N) is 1. The van der Waals surface area contributed by atoms with Crippen LogP contribution in [-0.4, -0.2) is 29.4 Å². The molecule has 0 saturated carbocycles. The third kappa shape index (κ3) is 3.95. The van der Waals surface area contributed by atoms with Crippen LogP contribution in [0, 0.1) is 0 Å². The zero-order valence-corrected chi connectivity index (χ0v) is 19.3. The van der Waals surface area contributed by atoms with Gasteiger partial charge in [-0.15, -0.1) is 0 Å². The standard InChI is InChI=1S/C24H23Cl2N3O2/c1-14-12-24(2,3)28(4)21-11-19(26)16(9-18(14)21)10-20-22(30)29(23(31)27-20)13-15-5-7-17(25)8-6-15/h5-12H,13H2,1-4H3,(H,27,31)/b20-10+. The molecule has 0 atom stereocenters. The molecule has 160 valence electrons. The van der Waals surface area contributed by atoms with Crippen LogP contribution < -0.4 is 10.2 Å². The number of imide groups is 1. The van der Waals surface area contributed by atoms with Gasteiger partial charge in [0.25, 0.3) is 5.91 Å². The van der Waals surface area contributed by atoms with Crippen LogP contribution in [0.5, 0.6) is 0 Å². The van der Waals surface area contributed by atoms with Crippen molar-refractivity contribution in [2.24, 2.45) is 0 Å². The molecular formula is C24H23Cl2N3O2. The highest BCUT2D eigenvalue weighted by Gasteiger charge is 2.34. The lowest BCUT2D eigenvalue weighted by Crippen LogP contribution is -2.42. The van der Waals surface area contributed by atoms with Crippen molar-refractivity contribution in [3.63, 3.8) is 0 Å². The third-order valence-electron chi connectivity index (χ3n) is 5.85. The predicted octanol–water partition coefficient (Wildman–Crippen LogP) is 5.72. The fraction of sp³-hybridized carbons (Fsp3) is 0.250. The second-order valence-corrected chi connectivity index (χ2v) is 9.28. The number of likely N-dealkylation sites (N-methyl/N-ethyl adjacent to an activating group) is 1. The van der Waals surface area contributed by atoms with Crippen molar-refractivity contribution >= 4 is 52.5 Å². The molecule has 0 radical (unpaired) electrons. The Morgan fingerprint density at radius 3 is 2.45 bits per heavy atom. The van der Waals surface area contributed by atoms with Crippen LogP contribution in [0.2, 0.25) is 10.0 Å². The minimum absolute atomic E-state index is 0.127. The van der Waals surface area contributed by atoms with Gasteiger partial charge in [-0.2, -0.15) is 0 Å². The largest absolute Gasteiger partial charge is 0.365 e. The molecule has 5 nitrogen and oxygen atoms in total. The van der Waals surface area contributed by atoms with Gasteiger partial charge in [-0.3, -0.25) is 9.69 Å². The number of allylic oxidation sites excluding steroid dienone is 1. The first-order valence-corrected chi connectivity index (χ1v) is 10.7. The van der Waals surface area contributed by atoms with E-state index in [4.69, 9.17) is 23.2 Å². The van der Waals surface area contributed by atoms with Crippen molar-refractivity contribution in [3.8, 4) is 0 Å². The van der Waals surface area contributed by atoms with Gasteiger partial charge in [0.15, 0.2) is 0 Å². The number of carbonyl (C=O) groups is 2. The molecule has 1 fully saturated rings. The maximum atomic E-state index is 12.9. The minimum atomic E-state index is -0.460. The number of halogens is 2. The summed E-state index contributed by atoms with van der Waals surface area (Å²) in [6.07, 6.45) is 3.84. The van der Waals surface area contributed by atoms with Crippen LogP contribution in [0.15, 0.2) is 48.2 Å². The van der Waals surface area contributed by atoms with Gasteiger partial charge < -0.3 is 10.2 Å². The summed E-state index contributed by atoms with van der Waals surface area (Å²) < 4.78 is 0. The average molecular weight is 456 g/mol. The van der Waals surface area contributed by atoms with Gasteiger partial charge in [-0.25, -0.2) is 4.79 Å². The predicted molar refractivity (Wildman–Crippen MR) is 126 cm³/mol. The molecule has 31 heavy (non-hydrogen) atoms. The van der Waals surface area contributed by atoms with E-state index in [1.54, 1.807) is 30.3 Å². The van der Waals surface area contributed by atoms with E-state index in [2.05, 4.69) is 37.1 Å². The van der Waals surface area contributed by atoms with E-state index in [1.165, 1.54) is 4.90 Å². The highest BCUT2D eigenvalue weighted by molar-refractivity contribution is 6.33. The van der Waals surface area contributed by atoms with Crippen LogP contribution in [-0.2, 0) is 11.3 Å². The Labute approximate surface area is 191 Å². The van der Waals surface area contributed by atoms with Crippen molar-refractivity contribution in [1.82, 2.24) is 10.2 Å². The molecule has 0 bridgehead atoms. The van der Waals surface area contributed by atoms with E-state index in [0.29, 0.717) is 15.6 Å². The normalized spacial score (nSPS) is 18.9. The molecule has 0 spiro atoms. The van der Waals surface area contributed by atoms with Crippen molar-refractivity contribution in [2.45, 2.75) is 32.9 Å². The Bertz CT molecular complexity index is 1150. The van der Waals surface area contributed by atoms with Gasteiger partial charge >= 0.3 is 6.03 Å². The SMILES string of the molecule is CC1=CC(C)(C)N(C)c2cc(Cl)c(/C=C3/NC(=O)N(Cc4ccc(Cl)cc4)C3=O)cc21. The molecule has 2 aromatic carbocycles. The summed E-state index contributed by atoms with van der Waals surface area (Å²) >= 11 is 12.5. The zero-order valence-electron chi connectivity index (χ0n) is 17.8. The second kappa shape index (κ2) is 7.74. The number of carbonyl (C=O) groups excluding carboxylic acids is 2. The van der Waals surface area contributed by atoms with Crippen LogP contribution in [0.25, 0.3) is 11.6 Å². The Hall–Kier alpha value is -2.76. The summed E-state index contributed by atoms with van der Waals surface area (Å²) in [5, 5.41) is 3.78. The monoisotopic (exact) mass is 455 g/mol. The second-order valence-electron chi connectivity index (χ2n) is 8.44. The molecule has 2 aliphatic rings. The average Bonchev–Trinajstić information content (AvgIpc) is 2.96. The summed E-state index contributed by atoms with van der Waals surface area (Å²) in [6, 6.07) is 10.5. The highest BCUT2D eigenvalue weighted by atomic mass is 35.5. The highest BCUT2D eigenvalue weighted by Crippen LogP contribution is 2.41. The Balaban J connectivity index is 1.65. The van der Waals surface area contributed by atoms with Gasteiger partial charge in [0, 0.05) is 28.3 Å². The van der Waals surface area contributed by atoms with Gasteiger partial charge in [0.1, 0.15) is 5.70 Å². The lowest BCUT2D eigenvalue weighted by Gasteiger charge is -2.40.